The summed E-state index contributed by atoms with van der Waals surface area (Å²) in [5.74, 6) is -0.645. The summed E-state index contributed by atoms with van der Waals surface area (Å²) >= 11 is 0. The predicted molar refractivity (Wildman–Crippen MR) is 47.9 cm³/mol. The van der Waals surface area contributed by atoms with Gasteiger partial charge in [0.1, 0.15) is 0 Å². The number of likely N-dealkylation sites (N-methyl/N-ethyl adjacent to an activating group) is 1. The largest absolute Gasteiger partial charge is 0.414 e. The van der Waals surface area contributed by atoms with E-state index in [2.05, 4.69) is 10.2 Å². The van der Waals surface area contributed by atoms with E-state index in [-0.39, 0.29) is 0 Å². The van der Waals surface area contributed by atoms with Crippen molar-refractivity contribution in [2.45, 2.75) is 32.5 Å². The molecule has 0 spiro atoms. The summed E-state index contributed by atoms with van der Waals surface area (Å²) in [6, 6.07) is 0. The third-order valence-corrected chi connectivity index (χ3v) is 1.59. The standard InChI is InChI=1S/C8H15F3N2O2/c1-4-12-7(2,3)6(14)13-15-5-8(9,10)11/h12H,4-5H2,1-3H3,(H,13,14). The molecule has 0 fully saturated rings. The number of carbonyl (C=O) groups is 1. The van der Waals surface area contributed by atoms with Gasteiger partial charge in [0.2, 0.25) is 0 Å². The molecule has 0 aliphatic heterocycles. The molecule has 0 aliphatic carbocycles. The van der Waals surface area contributed by atoms with Crippen LogP contribution in [0.25, 0.3) is 0 Å². The second-order valence-electron chi connectivity index (χ2n) is 3.49. The summed E-state index contributed by atoms with van der Waals surface area (Å²) in [5.41, 5.74) is 0.785. The summed E-state index contributed by atoms with van der Waals surface area (Å²) in [6.45, 7) is 3.90. The van der Waals surface area contributed by atoms with Gasteiger partial charge in [-0.2, -0.15) is 13.2 Å². The molecule has 0 saturated carbocycles. The molecule has 0 aromatic heterocycles. The summed E-state index contributed by atoms with van der Waals surface area (Å²) in [7, 11) is 0. The van der Waals surface area contributed by atoms with Crippen LogP contribution in [-0.4, -0.2) is 30.8 Å². The van der Waals surface area contributed by atoms with Crippen LogP contribution in [0.1, 0.15) is 20.8 Å². The zero-order valence-corrected chi connectivity index (χ0v) is 8.86. The SMILES string of the molecule is CCNC(C)(C)C(=O)NOCC(F)(F)F. The molecule has 1 amide bonds. The highest BCUT2D eigenvalue weighted by atomic mass is 19.4. The van der Waals surface area contributed by atoms with Crippen molar-refractivity contribution in [3.8, 4) is 0 Å². The average Bonchev–Trinajstić information content (AvgIpc) is 2.01. The monoisotopic (exact) mass is 228 g/mol. The number of hydrogen-bond donors (Lipinski definition) is 2. The second kappa shape index (κ2) is 5.32. The minimum absolute atomic E-state index is 0.527. The van der Waals surface area contributed by atoms with Gasteiger partial charge in [-0.15, -0.1) is 0 Å². The van der Waals surface area contributed by atoms with Gasteiger partial charge in [-0.25, -0.2) is 5.48 Å². The number of nitrogens with one attached hydrogen (secondary N) is 2. The summed E-state index contributed by atoms with van der Waals surface area (Å²) in [6.07, 6.45) is -4.45. The van der Waals surface area contributed by atoms with Crippen molar-refractivity contribution in [3.05, 3.63) is 0 Å². The first-order valence-electron chi connectivity index (χ1n) is 4.43. The van der Waals surface area contributed by atoms with Crippen molar-refractivity contribution in [1.82, 2.24) is 10.8 Å². The van der Waals surface area contributed by atoms with E-state index in [1.54, 1.807) is 26.3 Å². The maximum absolute atomic E-state index is 11.7. The molecule has 15 heavy (non-hydrogen) atoms. The Labute approximate surface area is 86.1 Å². The predicted octanol–water partition coefficient (Wildman–Crippen LogP) is 0.985. The Balaban J connectivity index is 3.94. The van der Waals surface area contributed by atoms with E-state index >= 15 is 0 Å². The molecule has 0 heterocycles. The number of alkyl halides is 3. The van der Waals surface area contributed by atoms with Crippen LogP contribution in [0.4, 0.5) is 13.2 Å². The summed E-state index contributed by atoms with van der Waals surface area (Å²) < 4.78 is 35.0. The number of carbonyl (C=O) groups excluding carboxylic acids is 1. The molecular formula is C8H15F3N2O2. The Bertz CT molecular complexity index is 216. The normalized spacial score (nSPS) is 12.7. The fourth-order valence-electron chi connectivity index (χ4n) is 0.833. The first-order chi connectivity index (χ1) is 6.69. The number of hydrogen-bond acceptors (Lipinski definition) is 3. The van der Waals surface area contributed by atoms with Crippen LogP contribution in [0.3, 0.4) is 0 Å². The molecule has 0 unspecified atom stereocenters. The van der Waals surface area contributed by atoms with E-state index in [1.807, 2.05) is 0 Å². The van der Waals surface area contributed by atoms with Gasteiger partial charge in [0.25, 0.3) is 5.91 Å². The fraction of sp³-hybridized carbons (Fsp3) is 0.875. The van der Waals surface area contributed by atoms with Crippen molar-refractivity contribution in [2.24, 2.45) is 0 Å². The number of amides is 1. The highest BCUT2D eigenvalue weighted by Gasteiger charge is 2.30. The smallest absolute Gasteiger partial charge is 0.304 e. The van der Waals surface area contributed by atoms with E-state index in [0.717, 1.165) is 0 Å². The van der Waals surface area contributed by atoms with Crippen molar-refractivity contribution in [1.29, 1.82) is 0 Å². The Morgan fingerprint density at radius 3 is 2.27 bits per heavy atom. The van der Waals surface area contributed by atoms with Crippen LogP contribution in [0.2, 0.25) is 0 Å². The number of halogens is 3. The summed E-state index contributed by atoms with van der Waals surface area (Å²) in [4.78, 5) is 15.3. The van der Waals surface area contributed by atoms with Gasteiger partial charge in [-0.3, -0.25) is 9.63 Å². The molecular weight excluding hydrogens is 213 g/mol. The van der Waals surface area contributed by atoms with Crippen LogP contribution in [0, 0.1) is 0 Å². The van der Waals surface area contributed by atoms with Crippen LogP contribution >= 0.6 is 0 Å². The first kappa shape index (κ1) is 14.2. The van der Waals surface area contributed by atoms with Crippen molar-refractivity contribution in [2.75, 3.05) is 13.2 Å². The second-order valence-corrected chi connectivity index (χ2v) is 3.49. The molecule has 90 valence electrons. The highest BCUT2D eigenvalue weighted by molar-refractivity contribution is 5.84. The minimum atomic E-state index is -4.45. The third-order valence-electron chi connectivity index (χ3n) is 1.59. The van der Waals surface area contributed by atoms with Gasteiger partial charge in [0, 0.05) is 0 Å². The van der Waals surface area contributed by atoms with Gasteiger partial charge in [-0.05, 0) is 20.4 Å². The molecule has 0 saturated heterocycles. The van der Waals surface area contributed by atoms with Crippen molar-refractivity contribution in [3.63, 3.8) is 0 Å². The maximum atomic E-state index is 11.7. The van der Waals surface area contributed by atoms with Crippen LogP contribution in [-0.2, 0) is 9.63 Å². The number of rotatable bonds is 5. The number of hydroxylamine groups is 1. The lowest BCUT2D eigenvalue weighted by Crippen LogP contribution is -2.52. The lowest BCUT2D eigenvalue weighted by molar-refractivity contribution is -0.193. The van der Waals surface area contributed by atoms with E-state index in [9.17, 15) is 18.0 Å². The maximum Gasteiger partial charge on any atom is 0.414 e. The lowest BCUT2D eigenvalue weighted by Gasteiger charge is -2.24. The molecule has 0 atom stereocenters. The molecule has 2 N–H and O–H groups in total. The molecule has 7 heteroatoms. The molecule has 0 bridgehead atoms. The quantitative estimate of drug-likeness (QED) is 0.690. The van der Waals surface area contributed by atoms with Gasteiger partial charge in [-0.1, -0.05) is 6.92 Å². The molecule has 0 radical (unpaired) electrons. The molecule has 0 aliphatic rings. The van der Waals surface area contributed by atoms with Crippen LogP contribution in [0.15, 0.2) is 0 Å². The van der Waals surface area contributed by atoms with Gasteiger partial charge >= 0.3 is 6.18 Å². The van der Waals surface area contributed by atoms with E-state index in [1.165, 1.54) is 0 Å². The topological polar surface area (TPSA) is 50.4 Å². The van der Waals surface area contributed by atoms with Gasteiger partial charge in [0.05, 0.1) is 5.54 Å². The van der Waals surface area contributed by atoms with E-state index in [0.29, 0.717) is 6.54 Å². The van der Waals surface area contributed by atoms with Gasteiger partial charge < -0.3 is 5.32 Å². The van der Waals surface area contributed by atoms with E-state index < -0.39 is 24.2 Å². The van der Waals surface area contributed by atoms with Crippen molar-refractivity contribution < 1.29 is 22.8 Å². The Kier molecular flexibility index (Phi) is 5.02. The van der Waals surface area contributed by atoms with Crippen molar-refractivity contribution >= 4 is 5.91 Å². The molecule has 0 rings (SSSR count). The lowest BCUT2D eigenvalue weighted by atomic mass is 10.1. The Hall–Kier alpha value is -0.820. The Morgan fingerprint density at radius 2 is 1.87 bits per heavy atom. The highest BCUT2D eigenvalue weighted by Crippen LogP contribution is 2.13. The van der Waals surface area contributed by atoms with Crippen LogP contribution in [0.5, 0.6) is 0 Å². The van der Waals surface area contributed by atoms with Crippen LogP contribution < -0.4 is 10.8 Å². The van der Waals surface area contributed by atoms with E-state index in [4.69, 9.17) is 0 Å². The molecule has 4 nitrogen and oxygen atoms in total. The molecule has 0 aromatic rings. The average molecular weight is 228 g/mol. The fourth-order valence-corrected chi connectivity index (χ4v) is 0.833. The Morgan fingerprint density at radius 1 is 1.33 bits per heavy atom. The van der Waals surface area contributed by atoms with Gasteiger partial charge in [0.15, 0.2) is 6.61 Å². The minimum Gasteiger partial charge on any atom is -0.304 e. The third kappa shape index (κ3) is 6.29. The summed E-state index contributed by atoms with van der Waals surface area (Å²) in [5, 5.41) is 2.80. The zero-order valence-electron chi connectivity index (χ0n) is 8.86. The molecule has 0 aromatic carbocycles. The first-order valence-corrected chi connectivity index (χ1v) is 4.43. The zero-order chi connectivity index (χ0) is 12.1.